The molecule has 2 heterocycles. The van der Waals surface area contributed by atoms with E-state index < -0.39 is 10.0 Å². The van der Waals surface area contributed by atoms with Gasteiger partial charge < -0.3 is 13.9 Å². The molecule has 4 rings (SSSR count). The van der Waals surface area contributed by atoms with E-state index in [-0.39, 0.29) is 22.7 Å². The molecule has 0 N–H and O–H groups in total. The van der Waals surface area contributed by atoms with Gasteiger partial charge in [0, 0.05) is 30.6 Å². The number of thioether (sulfide) groups is 1. The fourth-order valence-corrected chi connectivity index (χ4v) is 6.14. The Morgan fingerprint density at radius 2 is 1.74 bits per heavy atom. The molecule has 1 saturated heterocycles. The summed E-state index contributed by atoms with van der Waals surface area (Å²) in [7, 11) is -3.61. The van der Waals surface area contributed by atoms with Crippen LogP contribution in [0.5, 0.6) is 11.5 Å². The first-order valence-corrected chi connectivity index (χ1v) is 15.9. The topological polar surface area (TPSA) is 89.3 Å². The fraction of sp³-hybridized carbons (Fsp3) is 0.414. The Morgan fingerprint density at radius 3 is 2.44 bits per heavy atom. The Labute approximate surface area is 235 Å². The highest BCUT2D eigenvalue weighted by atomic mass is 32.2. The number of ether oxygens (including phenoxy) is 2. The normalized spacial score (nSPS) is 15.1. The van der Waals surface area contributed by atoms with Crippen molar-refractivity contribution < 1.29 is 22.3 Å². The predicted octanol–water partition coefficient (Wildman–Crippen LogP) is 5.02. The van der Waals surface area contributed by atoms with Crippen LogP contribution in [0.15, 0.2) is 79.9 Å². The highest BCUT2D eigenvalue weighted by Gasteiger charge is 2.27. The lowest BCUT2D eigenvalue weighted by Crippen LogP contribution is -2.35. The van der Waals surface area contributed by atoms with E-state index in [0.717, 1.165) is 18.4 Å². The molecule has 0 spiro atoms. The van der Waals surface area contributed by atoms with E-state index in [1.54, 1.807) is 36.0 Å². The van der Waals surface area contributed by atoms with Gasteiger partial charge in [-0.2, -0.15) is 4.31 Å². The maximum Gasteiger partial charge on any atom is 0.243 e. The van der Waals surface area contributed by atoms with Crippen LogP contribution in [0.4, 0.5) is 0 Å². The second kappa shape index (κ2) is 14.0. The third-order valence-corrected chi connectivity index (χ3v) is 9.22. The maximum atomic E-state index is 13.2. The van der Waals surface area contributed by atoms with Crippen molar-refractivity contribution in [1.29, 1.82) is 0 Å². The molecule has 0 aliphatic carbocycles. The molecule has 0 amide bonds. The monoisotopic (exact) mass is 572 g/mol. The van der Waals surface area contributed by atoms with Crippen molar-refractivity contribution in [2.24, 2.45) is 0 Å². The van der Waals surface area contributed by atoms with Crippen LogP contribution in [0.3, 0.4) is 0 Å². The highest BCUT2D eigenvalue weighted by molar-refractivity contribution is 7.98. The summed E-state index contributed by atoms with van der Waals surface area (Å²) in [5.41, 5.74) is 0.731. The molecular weight excluding hydrogens is 536 g/mol. The molecule has 8 nitrogen and oxygen atoms in total. The average molecular weight is 573 g/mol. The number of unbranched alkanes of at least 4 members (excludes halogenated alkanes) is 1. The fourth-order valence-electron chi connectivity index (χ4n) is 4.27. The summed E-state index contributed by atoms with van der Waals surface area (Å²) in [5.74, 6) is 1.36. The SMILES string of the molecule is CCCCOc1ccc(S(=O)(=O)N2CCCN(Cc3cc(=O)c(OCc4ccc(SC)cc4)co3)CC2)cc1. The van der Waals surface area contributed by atoms with E-state index in [1.807, 2.05) is 30.5 Å². The van der Waals surface area contributed by atoms with Gasteiger partial charge in [-0.25, -0.2) is 8.42 Å². The first-order valence-electron chi connectivity index (χ1n) is 13.2. The number of nitrogens with zero attached hydrogens (tertiary/aromatic N) is 2. The molecule has 3 aromatic rings. The number of sulfonamides is 1. The first kappa shape index (κ1) is 29.2. The molecular formula is C29H36N2O6S2. The largest absolute Gasteiger partial charge is 0.494 e. The van der Waals surface area contributed by atoms with E-state index in [0.29, 0.717) is 57.3 Å². The van der Waals surface area contributed by atoms with Crippen LogP contribution in [0.2, 0.25) is 0 Å². The molecule has 1 aliphatic heterocycles. The Bertz CT molecular complexity index is 1360. The molecule has 0 unspecified atom stereocenters. The Kier molecular flexibility index (Phi) is 10.5. The van der Waals surface area contributed by atoms with Gasteiger partial charge in [0.15, 0.2) is 0 Å². The van der Waals surface area contributed by atoms with Gasteiger partial charge in [0.1, 0.15) is 24.4 Å². The molecule has 1 fully saturated rings. The zero-order chi connectivity index (χ0) is 27.7. The van der Waals surface area contributed by atoms with Crippen LogP contribution in [-0.2, 0) is 23.2 Å². The van der Waals surface area contributed by atoms with Crippen molar-refractivity contribution >= 4 is 21.8 Å². The van der Waals surface area contributed by atoms with Crippen LogP contribution in [0, 0.1) is 0 Å². The summed E-state index contributed by atoms with van der Waals surface area (Å²) < 4.78 is 45.1. The van der Waals surface area contributed by atoms with Crippen molar-refractivity contribution in [3.05, 3.63) is 82.4 Å². The number of benzene rings is 2. The molecule has 2 aromatic carbocycles. The smallest absolute Gasteiger partial charge is 0.243 e. The highest BCUT2D eigenvalue weighted by Crippen LogP contribution is 2.22. The number of hydrogen-bond donors (Lipinski definition) is 0. The van der Waals surface area contributed by atoms with Gasteiger partial charge in [0.05, 0.1) is 18.0 Å². The van der Waals surface area contributed by atoms with Gasteiger partial charge in [0.2, 0.25) is 21.2 Å². The molecule has 1 aliphatic rings. The van der Waals surface area contributed by atoms with Gasteiger partial charge in [-0.05, 0) is 67.6 Å². The second-order valence-corrected chi connectivity index (χ2v) is 12.2. The second-order valence-electron chi connectivity index (χ2n) is 9.42. The molecule has 210 valence electrons. The summed E-state index contributed by atoms with van der Waals surface area (Å²) in [4.78, 5) is 16.1. The quantitative estimate of drug-likeness (QED) is 0.221. The van der Waals surface area contributed by atoms with E-state index in [9.17, 15) is 13.2 Å². The maximum absolute atomic E-state index is 13.2. The zero-order valence-corrected chi connectivity index (χ0v) is 24.1. The third-order valence-electron chi connectivity index (χ3n) is 6.56. The molecule has 39 heavy (non-hydrogen) atoms. The van der Waals surface area contributed by atoms with Gasteiger partial charge in [0.25, 0.3) is 0 Å². The number of hydrogen-bond acceptors (Lipinski definition) is 8. The Balaban J connectivity index is 1.31. The first-order chi connectivity index (χ1) is 18.9. The summed E-state index contributed by atoms with van der Waals surface area (Å²) in [6.07, 6.45) is 6.06. The Morgan fingerprint density at radius 1 is 0.974 bits per heavy atom. The van der Waals surface area contributed by atoms with Crippen LogP contribution in [0.25, 0.3) is 0 Å². The molecule has 0 radical (unpaired) electrons. The standard InChI is InChI=1S/C29H36N2O6S2/c1-3-4-18-35-24-8-12-27(13-9-24)39(33,34)31-15-5-14-30(16-17-31)20-25-19-28(32)29(22-36-25)37-21-23-6-10-26(38-2)11-7-23/h6-13,19,22H,3-5,14-18,20-21H2,1-2H3. The van der Waals surface area contributed by atoms with Crippen LogP contribution < -0.4 is 14.9 Å². The average Bonchev–Trinajstić information content (AvgIpc) is 3.19. The van der Waals surface area contributed by atoms with E-state index in [4.69, 9.17) is 13.9 Å². The third kappa shape index (κ3) is 8.11. The molecule has 0 bridgehead atoms. The summed E-state index contributed by atoms with van der Waals surface area (Å²) >= 11 is 1.67. The molecule has 10 heteroatoms. The van der Waals surface area contributed by atoms with Crippen LogP contribution in [0.1, 0.15) is 37.5 Å². The van der Waals surface area contributed by atoms with Gasteiger partial charge >= 0.3 is 0 Å². The van der Waals surface area contributed by atoms with Crippen molar-refractivity contribution in [3.63, 3.8) is 0 Å². The van der Waals surface area contributed by atoms with E-state index in [2.05, 4.69) is 11.8 Å². The van der Waals surface area contributed by atoms with Gasteiger partial charge in [-0.3, -0.25) is 9.69 Å². The molecule has 0 saturated carbocycles. The summed E-state index contributed by atoms with van der Waals surface area (Å²) in [6.45, 7) is 5.44. The summed E-state index contributed by atoms with van der Waals surface area (Å²) in [6, 6.07) is 16.1. The minimum absolute atomic E-state index is 0.169. The van der Waals surface area contributed by atoms with Gasteiger partial charge in [-0.1, -0.05) is 25.5 Å². The van der Waals surface area contributed by atoms with E-state index >= 15 is 0 Å². The van der Waals surface area contributed by atoms with Gasteiger partial charge in [-0.15, -0.1) is 11.8 Å². The minimum atomic E-state index is -3.61. The van der Waals surface area contributed by atoms with E-state index in [1.165, 1.54) is 21.5 Å². The Hall–Kier alpha value is -2.79. The van der Waals surface area contributed by atoms with Crippen LogP contribution in [-0.4, -0.2) is 56.7 Å². The lowest BCUT2D eigenvalue weighted by Gasteiger charge is -2.21. The van der Waals surface area contributed by atoms with Crippen molar-refractivity contribution in [2.75, 3.05) is 39.0 Å². The summed E-state index contributed by atoms with van der Waals surface area (Å²) in [5, 5.41) is 0. The van der Waals surface area contributed by atoms with Crippen molar-refractivity contribution in [2.45, 2.75) is 49.1 Å². The molecule has 0 atom stereocenters. The lowest BCUT2D eigenvalue weighted by molar-refractivity contribution is 0.245. The van der Waals surface area contributed by atoms with Crippen molar-refractivity contribution in [1.82, 2.24) is 9.21 Å². The van der Waals surface area contributed by atoms with Crippen LogP contribution >= 0.6 is 11.8 Å². The minimum Gasteiger partial charge on any atom is -0.494 e. The lowest BCUT2D eigenvalue weighted by atomic mass is 10.2. The predicted molar refractivity (Wildman–Crippen MR) is 153 cm³/mol. The van der Waals surface area contributed by atoms with Crippen molar-refractivity contribution in [3.8, 4) is 11.5 Å². The number of rotatable bonds is 12. The molecule has 1 aromatic heterocycles. The zero-order valence-electron chi connectivity index (χ0n) is 22.5.